The summed E-state index contributed by atoms with van der Waals surface area (Å²) in [6.45, 7) is 0. The zero-order valence-corrected chi connectivity index (χ0v) is 10.9. The molecular weight excluding hydrogens is 283 g/mol. The van der Waals surface area contributed by atoms with Gasteiger partial charge in [-0.3, -0.25) is 4.79 Å². The van der Waals surface area contributed by atoms with Crippen molar-refractivity contribution >= 4 is 11.0 Å². The van der Waals surface area contributed by atoms with Crippen LogP contribution in [0.4, 0.5) is 13.2 Å². The molecule has 0 unspecified atom stereocenters. The lowest BCUT2D eigenvalue weighted by Crippen LogP contribution is -2.10. The molecule has 108 valence electrons. The Morgan fingerprint density at radius 2 is 1.81 bits per heavy atom. The zero-order valence-electron chi connectivity index (χ0n) is 10.9. The quantitative estimate of drug-likeness (QED) is 0.750. The van der Waals surface area contributed by atoms with E-state index in [1.54, 1.807) is 23.9 Å². The summed E-state index contributed by atoms with van der Waals surface area (Å²) in [4.78, 5) is 18.8. The third kappa shape index (κ3) is 2.31. The van der Waals surface area contributed by atoms with Crippen molar-refractivity contribution < 1.29 is 13.2 Å². The third-order valence-electron chi connectivity index (χ3n) is 3.22. The molecule has 0 saturated heterocycles. The topological polar surface area (TPSA) is 50.7 Å². The monoisotopic (exact) mass is 293 g/mol. The van der Waals surface area contributed by atoms with Gasteiger partial charge in [-0.05, 0) is 18.2 Å². The van der Waals surface area contributed by atoms with E-state index in [0.717, 1.165) is 12.1 Å². The number of benzene rings is 1. The fraction of sp³-hybridized carbons (Fsp3) is 0.143. The second-order valence-electron chi connectivity index (χ2n) is 4.65. The van der Waals surface area contributed by atoms with Gasteiger partial charge in [-0.15, -0.1) is 0 Å². The van der Waals surface area contributed by atoms with E-state index in [-0.39, 0.29) is 11.4 Å². The van der Waals surface area contributed by atoms with Crippen molar-refractivity contribution in [2.75, 3.05) is 0 Å². The second kappa shape index (κ2) is 4.47. The highest BCUT2D eigenvalue weighted by molar-refractivity contribution is 5.77. The van der Waals surface area contributed by atoms with Crippen molar-refractivity contribution in [2.45, 2.75) is 6.18 Å². The number of fused-ring (bicyclic) bond motifs is 1. The molecule has 0 aliphatic heterocycles. The molecule has 0 bridgehead atoms. The molecule has 2 heterocycles. The number of aryl methyl sites for hydroxylation is 1. The lowest BCUT2D eigenvalue weighted by molar-refractivity contribution is -0.137. The van der Waals surface area contributed by atoms with Crippen molar-refractivity contribution in [3.63, 3.8) is 0 Å². The van der Waals surface area contributed by atoms with Gasteiger partial charge in [-0.25, -0.2) is 4.98 Å². The average molecular weight is 293 g/mol. The number of H-pyrrole nitrogens is 1. The molecule has 0 fully saturated rings. The Balaban J connectivity index is 2.12. The molecule has 0 atom stereocenters. The van der Waals surface area contributed by atoms with Gasteiger partial charge in [-0.2, -0.15) is 13.2 Å². The molecule has 0 aliphatic carbocycles. The van der Waals surface area contributed by atoms with Gasteiger partial charge in [0.1, 0.15) is 11.5 Å². The summed E-state index contributed by atoms with van der Waals surface area (Å²) in [5, 5.41) is 0.438. The predicted molar refractivity (Wildman–Crippen MR) is 71.8 cm³/mol. The Hall–Kier alpha value is -2.57. The van der Waals surface area contributed by atoms with Crippen molar-refractivity contribution in [3.8, 4) is 11.4 Å². The molecule has 2 aromatic heterocycles. The fourth-order valence-corrected chi connectivity index (χ4v) is 2.10. The highest BCUT2D eigenvalue weighted by atomic mass is 19.4. The Labute approximate surface area is 116 Å². The third-order valence-corrected chi connectivity index (χ3v) is 3.22. The van der Waals surface area contributed by atoms with Gasteiger partial charge in [0.2, 0.25) is 0 Å². The fourth-order valence-electron chi connectivity index (χ4n) is 2.10. The standard InChI is InChI=1S/C14H10F3N3O/c1-20-7-6-10-12(20)18-11(19-13(10)21)8-2-4-9(5-3-8)14(15,16)17/h2-7H,1H3,(H,18,19,21). The minimum atomic E-state index is -4.39. The predicted octanol–water partition coefficient (Wildman–Crippen LogP) is 2.95. The van der Waals surface area contributed by atoms with Gasteiger partial charge in [0.15, 0.2) is 0 Å². The maximum Gasteiger partial charge on any atom is 0.416 e. The zero-order chi connectivity index (χ0) is 15.2. The van der Waals surface area contributed by atoms with Gasteiger partial charge in [0.05, 0.1) is 10.9 Å². The number of rotatable bonds is 1. The van der Waals surface area contributed by atoms with Crippen LogP contribution in [0, 0.1) is 0 Å². The first kappa shape index (κ1) is 13.4. The molecule has 0 aliphatic rings. The smallest absolute Gasteiger partial charge is 0.335 e. The molecule has 7 heteroatoms. The van der Waals surface area contributed by atoms with Crippen LogP contribution in [0.3, 0.4) is 0 Å². The van der Waals surface area contributed by atoms with Crippen LogP contribution in [0.15, 0.2) is 41.3 Å². The summed E-state index contributed by atoms with van der Waals surface area (Å²) in [5.41, 5.74) is -0.166. The number of nitrogens with one attached hydrogen (secondary N) is 1. The molecule has 0 spiro atoms. The number of aromatic nitrogens is 3. The lowest BCUT2D eigenvalue weighted by Gasteiger charge is -2.07. The van der Waals surface area contributed by atoms with Gasteiger partial charge in [0, 0.05) is 18.8 Å². The molecular formula is C14H10F3N3O. The Morgan fingerprint density at radius 3 is 2.43 bits per heavy atom. The first-order valence-electron chi connectivity index (χ1n) is 6.09. The Bertz CT molecular complexity index is 860. The molecule has 0 saturated carbocycles. The van der Waals surface area contributed by atoms with Crippen molar-refractivity contribution in [3.05, 3.63) is 52.4 Å². The van der Waals surface area contributed by atoms with Crippen LogP contribution in [-0.2, 0) is 13.2 Å². The van der Waals surface area contributed by atoms with Gasteiger partial charge in [-0.1, -0.05) is 12.1 Å². The average Bonchev–Trinajstić information content (AvgIpc) is 2.80. The molecule has 3 aromatic rings. The molecule has 0 amide bonds. The molecule has 4 nitrogen and oxygen atoms in total. The summed E-state index contributed by atoms with van der Waals surface area (Å²) < 4.78 is 39.3. The number of alkyl halides is 3. The van der Waals surface area contributed by atoms with E-state index in [1.165, 1.54) is 12.1 Å². The SMILES string of the molecule is Cn1ccc2c(=O)[nH]c(-c3ccc(C(F)(F)F)cc3)nc21. The number of nitrogens with zero attached hydrogens (tertiary/aromatic N) is 2. The van der Waals surface area contributed by atoms with Crippen LogP contribution in [0.25, 0.3) is 22.4 Å². The van der Waals surface area contributed by atoms with Crippen molar-refractivity contribution in [2.24, 2.45) is 7.05 Å². The Kier molecular flexibility index (Phi) is 2.86. The van der Waals surface area contributed by atoms with Crippen LogP contribution in [-0.4, -0.2) is 14.5 Å². The molecule has 0 radical (unpaired) electrons. The summed E-state index contributed by atoms with van der Waals surface area (Å²) in [6, 6.07) is 6.14. The summed E-state index contributed by atoms with van der Waals surface area (Å²) in [6.07, 6.45) is -2.69. The Morgan fingerprint density at radius 1 is 1.14 bits per heavy atom. The van der Waals surface area contributed by atoms with E-state index in [9.17, 15) is 18.0 Å². The second-order valence-corrected chi connectivity index (χ2v) is 4.65. The van der Waals surface area contributed by atoms with Crippen LogP contribution < -0.4 is 5.56 Å². The van der Waals surface area contributed by atoms with Crippen molar-refractivity contribution in [1.82, 2.24) is 14.5 Å². The largest absolute Gasteiger partial charge is 0.416 e. The number of hydrogen-bond donors (Lipinski definition) is 1. The van der Waals surface area contributed by atoms with Crippen LogP contribution in [0.2, 0.25) is 0 Å². The van der Waals surface area contributed by atoms with Crippen LogP contribution in [0.1, 0.15) is 5.56 Å². The van der Waals surface area contributed by atoms with E-state index in [0.29, 0.717) is 16.6 Å². The summed E-state index contributed by atoms with van der Waals surface area (Å²) in [7, 11) is 1.74. The summed E-state index contributed by atoms with van der Waals surface area (Å²) in [5.74, 6) is 0.239. The maximum absolute atomic E-state index is 12.5. The number of halogens is 3. The summed E-state index contributed by atoms with van der Waals surface area (Å²) >= 11 is 0. The molecule has 3 rings (SSSR count). The highest BCUT2D eigenvalue weighted by Gasteiger charge is 2.30. The normalized spacial score (nSPS) is 12.0. The van der Waals surface area contributed by atoms with E-state index in [1.807, 2.05) is 0 Å². The van der Waals surface area contributed by atoms with E-state index in [4.69, 9.17) is 0 Å². The lowest BCUT2D eigenvalue weighted by atomic mass is 10.1. The van der Waals surface area contributed by atoms with Crippen LogP contribution in [0.5, 0.6) is 0 Å². The molecule has 1 aromatic carbocycles. The highest BCUT2D eigenvalue weighted by Crippen LogP contribution is 2.30. The number of hydrogen-bond acceptors (Lipinski definition) is 2. The van der Waals surface area contributed by atoms with E-state index >= 15 is 0 Å². The minimum absolute atomic E-state index is 0.239. The van der Waals surface area contributed by atoms with Crippen LogP contribution >= 0.6 is 0 Å². The van der Waals surface area contributed by atoms with Gasteiger partial charge >= 0.3 is 6.18 Å². The van der Waals surface area contributed by atoms with Crippen molar-refractivity contribution in [1.29, 1.82) is 0 Å². The molecule has 21 heavy (non-hydrogen) atoms. The molecule has 1 N–H and O–H groups in total. The first-order chi connectivity index (χ1) is 9.86. The first-order valence-corrected chi connectivity index (χ1v) is 6.09. The van der Waals surface area contributed by atoms with Gasteiger partial charge < -0.3 is 9.55 Å². The van der Waals surface area contributed by atoms with E-state index < -0.39 is 11.7 Å². The number of aromatic amines is 1. The minimum Gasteiger partial charge on any atom is -0.335 e. The van der Waals surface area contributed by atoms with Gasteiger partial charge in [0.25, 0.3) is 5.56 Å². The van der Waals surface area contributed by atoms with E-state index in [2.05, 4.69) is 9.97 Å². The maximum atomic E-state index is 12.5.